The van der Waals surface area contributed by atoms with Gasteiger partial charge in [-0.3, -0.25) is 19.3 Å². The Kier molecular flexibility index (Phi) is 13.1. The van der Waals surface area contributed by atoms with Gasteiger partial charge in [0.2, 0.25) is 0 Å². The lowest BCUT2D eigenvalue weighted by molar-refractivity contribution is -0.120. The van der Waals surface area contributed by atoms with E-state index in [1.54, 1.807) is 17.1 Å². The number of fused-ring (bicyclic) bond motifs is 2. The van der Waals surface area contributed by atoms with Gasteiger partial charge in [0.05, 0.1) is 63.3 Å². The molecule has 16 nitrogen and oxygen atoms in total. The number of aromatic nitrogens is 8. The number of benzene rings is 2. The molecule has 6 heterocycles. The first-order chi connectivity index (χ1) is 30.3. The molecule has 63 heavy (non-hydrogen) atoms. The van der Waals surface area contributed by atoms with Gasteiger partial charge in [0, 0.05) is 60.4 Å². The number of carbonyl (C=O) groups is 2. The van der Waals surface area contributed by atoms with E-state index < -0.39 is 14.0 Å². The summed E-state index contributed by atoms with van der Waals surface area (Å²) in [5.41, 5.74) is 14.4. The highest BCUT2D eigenvalue weighted by Crippen LogP contribution is 2.43. The van der Waals surface area contributed by atoms with Crippen LogP contribution in [0.25, 0.3) is 0 Å². The maximum atomic E-state index is 12.8. The van der Waals surface area contributed by atoms with E-state index in [9.17, 15) is 14.7 Å². The van der Waals surface area contributed by atoms with Gasteiger partial charge in [0.25, 0.3) is 5.91 Å². The van der Waals surface area contributed by atoms with Crippen molar-refractivity contribution < 1.29 is 28.9 Å². The van der Waals surface area contributed by atoms with Crippen molar-refractivity contribution in [1.29, 1.82) is 0 Å². The first-order valence-corrected chi connectivity index (χ1v) is 25.4. The van der Waals surface area contributed by atoms with Crippen molar-refractivity contribution in [2.45, 2.75) is 84.0 Å². The zero-order valence-corrected chi connectivity index (χ0v) is 37.4. The van der Waals surface area contributed by atoms with E-state index in [0.29, 0.717) is 37.0 Å². The van der Waals surface area contributed by atoms with Crippen molar-refractivity contribution >= 4 is 31.3 Å². The Balaban J connectivity index is 0.000000137. The van der Waals surface area contributed by atoms with Crippen LogP contribution in [-0.2, 0) is 59.7 Å². The first-order valence-electron chi connectivity index (χ1n) is 21.7. The van der Waals surface area contributed by atoms with Gasteiger partial charge in [0.15, 0.2) is 11.4 Å². The number of carboxylic acid groups (broad SMARTS) is 1. The van der Waals surface area contributed by atoms with Crippen molar-refractivity contribution in [1.82, 2.24) is 39.5 Å². The van der Waals surface area contributed by atoms with Crippen LogP contribution in [0.4, 0.5) is 11.4 Å². The topological polar surface area (TPSA) is 202 Å². The summed E-state index contributed by atoms with van der Waals surface area (Å²) < 4.78 is 21.9. The number of nitrogens with two attached hydrogens (primary N) is 1. The molecule has 2 aromatic carbocycles. The summed E-state index contributed by atoms with van der Waals surface area (Å²) in [4.78, 5) is 24.3. The highest BCUT2D eigenvalue weighted by atomic mass is 28.3. The number of anilines is 2. The number of hydrogen-bond donors (Lipinski definition) is 4. The summed E-state index contributed by atoms with van der Waals surface area (Å²) in [6.07, 6.45) is 12.5. The Labute approximate surface area is 368 Å². The Morgan fingerprint density at radius 1 is 0.841 bits per heavy atom. The first kappa shape index (κ1) is 43.8. The second kappa shape index (κ2) is 18.8. The van der Waals surface area contributed by atoms with Gasteiger partial charge in [-0.05, 0) is 55.7 Å². The number of nitrogen functional groups attached to an aromatic ring is 1. The van der Waals surface area contributed by atoms with E-state index in [0.717, 1.165) is 106 Å². The molecule has 6 aromatic rings. The molecule has 2 spiro atoms. The number of nitrogens with one attached hydrogen (secondary N) is 2. The normalized spacial score (nSPS) is 16.6. The molecule has 0 unspecified atom stereocenters. The van der Waals surface area contributed by atoms with E-state index >= 15 is 0 Å². The number of ether oxygens (including phenoxy) is 3. The minimum absolute atomic E-state index is 0.143. The maximum absolute atomic E-state index is 12.8. The highest BCUT2D eigenvalue weighted by Gasteiger charge is 2.45. The number of amides is 1. The molecular weight excluding hydrogens is 817 g/mol. The molecule has 4 aliphatic rings. The van der Waals surface area contributed by atoms with Crippen LogP contribution in [0.1, 0.15) is 67.5 Å². The quantitative estimate of drug-likeness (QED) is 0.0792. The van der Waals surface area contributed by atoms with Crippen molar-refractivity contribution in [3.8, 4) is 0 Å². The van der Waals surface area contributed by atoms with Crippen LogP contribution >= 0.6 is 0 Å². The standard InChI is InChI=1S/C20H21N5O2.C16H26N2O4Si.C10H11N3/c26-19(18-16-8-20(12-27-13-20)7-6-17(16)23-24-18)22-15-9-21-25(11-15)10-14-4-2-1-3-5-14;1-23(2,3)7-6-21-11-18-13-4-5-16(9-22-10-16)8-12(13)14(17-18)15(19)20;11-10-6-12-13(8-10)7-9-4-2-1-3-5-9/h1-5,9,11H,6-8,10,12-13H2,(H,22,26)(H,23,24);4-11H2,1-3H3,(H,19,20);1-6,8H,7,11H2. The summed E-state index contributed by atoms with van der Waals surface area (Å²) in [6, 6.07) is 21.4. The monoisotopic (exact) mass is 874 g/mol. The second-order valence-electron chi connectivity index (χ2n) is 18.6. The minimum atomic E-state index is -1.12. The third kappa shape index (κ3) is 10.8. The van der Waals surface area contributed by atoms with Crippen LogP contribution in [0, 0.1) is 10.8 Å². The predicted octanol–water partition coefficient (Wildman–Crippen LogP) is 6.32. The third-order valence-corrected chi connectivity index (χ3v) is 13.9. The van der Waals surface area contributed by atoms with Crippen molar-refractivity contribution in [2.75, 3.05) is 44.1 Å². The lowest BCUT2D eigenvalue weighted by Gasteiger charge is -2.44. The SMILES string of the molecule is C[Si](C)(C)CCOCn1nc(C(=O)O)c2c1CCC1(COC1)C2.Nc1cnn(Cc2ccccc2)c1.O=C(Nc1cnn(Cc2ccccc2)c1)c1n[nH]c2c1CC1(CC2)COC1. The summed E-state index contributed by atoms with van der Waals surface area (Å²) in [7, 11) is -1.12. The number of aromatic amines is 1. The smallest absolute Gasteiger partial charge is 0.356 e. The van der Waals surface area contributed by atoms with Crippen molar-refractivity contribution in [3.05, 3.63) is 130 Å². The van der Waals surface area contributed by atoms with Gasteiger partial charge in [-0.25, -0.2) is 9.48 Å². The van der Waals surface area contributed by atoms with Gasteiger partial charge < -0.3 is 30.4 Å². The molecule has 2 saturated heterocycles. The molecular formula is C46H58N10O6Si. The third-order valence-electron chi connectivity index (χ3n) is 12.2. The number of carboxylic acids is 1. The minimum Gasteiger partial charge on any atom is -0.476 e. The highest BCUT2D eigenvalue weighted by molar-refractivity contribution is 6.76. The molecule has 0 atom stereocenters. The lowest BCUT2D eigenvalue weighted by atomic mass is 9.71. The van der Waals surface area contributed by atoms with Gasteiger partial charge >= 0.3 is 5.97 Å². The number of H-pyrrole nitrogens is 1. The summed E-state index contributed by atoms with van der Waals surface area (Å²) in [6.45, 7) is 12.5. The molecule has 4 aromatic heterocycles. The van der Waals surface area contributed by atoms with Crippen LogP contribution in [0.15, 0.2) is 85.5 Å². The molecule has 10 rings (SSSR count). The molecule has 5 N–H and O–H groups in total. The van der Waals surface area contributed by atoms with Gasteiger partial charge in [-0.1, -0.05) is 80.3 Å². The fourth-order valence-corrected chi connectivity index (χ4v) is 9.24. The van der Waals surface area contributed by atoms with Gasteiger partial charge in [-0.2, -0.15) is 20.4 Å². The number of nitrogens with zero attached hydrogens (tertiary/aromatic N) is 7. The van der Waals surface area contributed by atoms with E-state index in [1.807, 2.05) is 58.2 Å². The zero-order valence-electron chi connectivity index (χ0n) is 36.4. The molecule has 2 aliphatic heterocycles. The Morgan fingerprint density at radius 3 is 2.02 bits per heavy atom. The van der Waals surface area contributed by atoms with Crippen LogP contribution in [0.5, 0.6) is 0 Å². The predicted molar refractivity (Wildman–Crippen MR) is 240 cm³/mol. The van der Waals surface area contributed by atoms with E-state index in [-0.39, 0.29) is 22.4 Å². The van der Waals surface area contributed by atoms with Crippen LogP contribution in [0.2, 0.25) is 25.7 Å². The average Bonchev–Trinajstić information content (AvgIpc) is 4.05. The van der Waals surface area contributed by atoms with Crippen molar-refractivity contribution in [3.63, 3.8) is 0 Å². The van der Waals surface area contributed by atoms with Crippen LogP contribution in [0.3, 0.4) is 0 Å². The number of rotatable bonds is 12. The largest absolute Gasteiger partial charge is 0.476 e. The number of hydrogen-bond acceptors (Lipinski definition) is 10. The van der Waals surface area contributed by atoms with E-state index in [4.69, 9.17) is 19.9 Å². The molecule has 0 saturated carbocycles. The van der Waals surface area contributed by atoms with Gasteiger partial charge in [0.1, 0.15) is 6.73 Å². The Hall–Kier alpha value is -5.88. The second-order valence-corrected chi connectivity index (χ2v) is 24.2. The lowest BCUT2D eigenvalue weighted by Crippen LogP contribution is -2.46. The average molecular weight is 875 g/mol. The van der Waals surface area contributed by atoms with Crippen LogP contribution in [-0.4, -0.2) is 97.6 Å². The maximum Gasteiger partial charge on any atom is 0.356 e. The molecule has 332 valence electrons. The molecule has 2 fully saturated rings. The van der Waals surface area contributed by atoms with Crippen LogP contribution < -0.4 is 11.1 Å². The van der Waals surface area contributed by atoms with Crippen molar-refractivity contribution in [2.24, 2.45) is 10.8 Å². The summed E-state index contributed by atoms with van der Waals surface area (Å²) >= 11 is 0. The Bertz CT molecular complexity index is 2480. The molecule has 0 radical (unpaired) electrons. The molecule has 1 amide bonds. The Morgan fingerprint density at radius 2 is 1.44 bits per heavy atom. The molecule has 2 aliphatic carbocycles. The molecule has 17 heteroatoms. The van der Waals surface area contributed by atoms with Gasteiger partial charge in [-0.15, -0.1) is 0 Å². The fourth-order valence-electron chi connectivity index (χ4n) is 8.48. The zero-order chi connectivity index (χ0) is 44.0. The number of aryl methyl sites for hydroxylation is 1. The van der Waals surface area contributed by atoms with E-state index in [1.165, 1.54) is 5.56 Å². The van der Waals surface area contributed by atoms with E-state index in [2.05, 4.69) is 74.7 Å². The molecule has 0 bridgehead atoms. The number of carbonyl (C=O) groups excluding carboxylic acids is 1. The summed E-state index contributed by atoms with van der Waals surface area (Å²) in [5.74, 6) is -1.14. The number of aromatic carboxylic acids is 1. The summed E-state index contributed by atoms with van der Waals surface area (Å²) in [5, 5.41) is 32.5. The fraction of sp³-hybridized carbons (Fsp3) is 0.435.